The topological polar surface area (TPSA) is 105 Å². The quantitative estimate of drug-likeness (QED) is 0.413. The van der Waals surface area contributed by atoms with Gasteiger partial charge in [0.2, 0.25) is 11.0 Å². The SMILES string of the molecule is COc1ccc(-c2nnc(NC(=O)C(NC(=O)Nc3cccc(Cl)c3Cl)C(C)C)s2)cc1. The first-order chi connectivity index (χ1) is 15.3. The average Bonchev–Trinajstić information content (AvgIpc) is 3.23. The van der Waals surface area contributed by atoms with E-state index >= 15 is 0 Å². The largest absolute Gasteiger partial charge is 0.497 e. The van der Waals surface area contributed by atoms with Crippen molar-refractivity contribution in [1.82, 2.24) is 15.5 Å². The van der Waals surface area contributed by atoms with Crippen molar-refractivity contribution in [3.8, 4) is 16.3 Å². The maximum Gasteiger partial charge on any atom is 0.319 e. The standard InChI is InChI=1S/C21H21Cl2N5O3S/c1-11(2)17(25-20(30)24-15-6-4-5-14(22)16(15)23)18(29)26-21-28-27-19(32-21)12-7-9-13(31-3)10-8-12/h4-11,17H,1-3H3,(H2,24,25,30)(H,26,28,29). The molecule has 0 fully saturated rings. The Morgan fingerprint density at radius 3 is 2.41 bits per heavy atom. The summed E-state index contributed by atoms with van der Waals surface area (Å²) in [5.41, 5.74) is 1.19. The van der Waals surface area contributed by atoms with E-state index in [2.05, 4.69) is 26.1 Å². The van der Waals surface area contributed by atoms with Crippen LogP contribution in [0.1, 0.15) is 13.8 Å². The van der Waals surface area contributed by atoms with Crippen molar-refractivity contribution in [2.75, 3.05) is 17.7 Å². The molecule has 168 valence electrons. The number of ether oxygens (including phenoxy) is 1. The summed E-state index contributed by atoms with van der Waals surface area (Å²) in [5.74, 6) is 0.129. The van der Waals surface area contributed by atoms with Crippen LogP contribution >= 0.6 is 34.5 Å². The Morgan fingerprint density at radius 1 is 1.03 bits per heavy atom. The average molecular weight is 494 g/mol. The molecule has 3 rings (SSSR count). The third kappa shape index (κ3) is 5.87. The van der Waals surface area contributed by atoms with Crippen LogP contribution < -0.4 is 20.7 Å². The molecule has 3 amide bonds. The predicted molar refractivity (Wildman–Crippen MR) is 128 cm³/mol. The maximum absolute atomic E-state index is 12.8. The lowest BCUT2D eigenvalue weighted by atomic mass is 10.0. The number of anilines is 2. The van der Waals surface area contributed by atoms with E-state index in [1.165, 1.54) is 11.3 Å². The van der Waals surface area contributed by atoms with Crippen molar-refractivity contribution in [3.63, 3.8) is 0 Å². The van der Waals surface area contributed by atoms with Crippen molar-refractivity contribution in [1.29, 1.82) is 0 Å². The molecular weight excluding hydrogens is 473 g/mol. The van der Waals surface area contributed by atoms with Crippen LogP contribution in [0.5, 0.6) is 5.75 Å². The van der Waals surface area contributed by atoms with Crippen molar-refractivity contribution < 1.29 is 14.3 Å². The monoisotopic (exact) mass is 493 g/mol. The molecule has 1 aromatic heterocycles. The van der Waals surface area contributed by atoms with Gasteiger partial charge in [0.1, 0.15) is 16.8 Å². The summed E-state index contributed by atoms with van der Waals surface area (Å²) in [4.78, 5) is 25.3. The molecule has 3 N–H and O–H groups in total. The third-order valence-electron chi connectivity index (χ3n) is 4.43. The lowest BCUT2D eigenvalue weighted by Crippen LogP contribution is -2.48. The minimum absolute atomic E-state index is 0.190. The second-order valence-electron chi connectivity index (χ2n) is 7.05. The Bertz CT molecular complexity index is 1110. The van der Waals surface area contributed by atoms with Gasteiger partial charge in [0, 0.05) is 5.56 Å². The maximum atomic E-state index is 12.8. The van der Waals surface area contributed by atoms with Crippen LogP contribution in [0.4, 0.5) is 15.6 Å². The molecule has 11 heteroatoms. The Kier molecular flexibility index (Phi) is 7.89. The number of nitrogens with zero attached hydrogens (tertiary/aromatic N) is 2. The summed E-state index contributed by atoms with van der Waals surface area (Å²) in [6.07, 6.45) is 0. The number of carbonyl (C=O) groups is 2. The number of hydrogen-bond acceptors (Lipinski definition) is 6. The van der Waals surface area contributed by atoms with Crippen LogP contribution in [-0.2, 0) is 4.79 Å². The molecule has 0 aliphatic rings. The fourth-order valence-corrected chi connectivity index (χ4v) is 3.84. The number of hydrogen-bond donors (Lipinski definition) is 3. The Labute approximate surface area is 199 Å². The normalized spacial score (nSPS) is 11.7. The highest BCUT2D eigenvalue weighted by Crippen LogP contribution is 2.30. The molecule has 1 heterocycles. The van der Waals surface area contributed by atoms with E-state index in [0.29, 0.717) is 20.8 Å². The van der Waals surface area contributed by atoms with Gasteiger partial charge in [0.25, 0.3) is 0 Å². The van der Waals surface area contributed by atoms with Gasteiger partial charge in [-0.1, -0.05) is 54.5 Å². The lowest BCUT2D eigenvalue weighted by Gasteiger charge is -2.21. The van der Waals surface area contributed by atoms with E-state index in [0.717, 1.165) is 11.3 Å². The van der Waals surface area contributed by atoms with E-state index in [4.69, 9.17) is 27.9 Å². The van der Waals surface area contributed by atoms with Crippen LogP contribution in [0.15, 0.2) is 42.5 Å². The van der Waals surface area contributed by atoms with Crippen molar-refractivity contribution in [2.24, 2.45) is 5.92 Å². The molecule has 0 bridgehead atoms. The number of amides is 3. The van der Waals surface area contributed by atoms with E-state index in [1.807, 2.05) is 38.1 Å². The van der Waals surface area contributed by atoms with Gasteiger partial charge in [0.05, 0.1) is 22.8 Å². The van der Waals surface area contributed by atoms with Crippen LogP contribution in [0.3, 0.4) is 0 Å². The number of rotatable bonds is 7. The Balaban J connectivity index is 1.65. The number of nitrogens with one attached hydrogen (secondary N) is 3. The molecule has 2 aromatic carbocycles. The highest BCUT2D eigenvalue weighted by molar-refractivity contribution is 7.18. The summed E-state index contributed by atoms with van der Waals surface area (Å²) in [5, 5.41) is 17.6. The van der Waals surface area contributed by atoms with Gasteiger partial charge in [-0.05, 0) is 42.3 Å². The summed E-state index contributed by atoms with van der Waals surface area (Å²) in [7, 11) is 1.59. The van der Waals surface area contributed by atoms with Gasteiger partial charge < -0.3 is 15.4 Å². The highest BCUT2D eigenvalue weighted by atomic mass is 35.5. The second-order valence-corrected chi connectivity index (χ2v) is 8.81. The predicted octanol–water partition coefficient (Wildman–Crippen LogP) is 5.31. The number of methoxy groups -OCH3 is 1. The molecular formula is C21H21Cl2N5O3S. The molecule has 0 saturated heterocycles. The summed E-state index contributed by atoms with van der Waals surface area (Å²) >= 11 is 13.3. The molecule has 3 aromatic rings. The zero-order valence-corrected chi connectivity index (χ0v) is 19.8. The van der Waals surface area contributed by atoms with Gasteiger partial charge in [-0.2, -0.15) is 0 Å². The Hall–Kier alpha value is -2.88. The summed E-state index contributed by atoms with van der Waals surface area (Å²) < 4.78 is 5.15. The fraction of sp³-hybridized carbons (Fsp3) is 0.238. The van der Waals surface area contributed by atoms with Gasteiger partial charge in [0.15, 0.2) is 0 Å². The molecule has 0 saturated carbocycles. The van der Waals surface area contributed by atoms with Crippen molar-refractivity contribution in [3.05, 3.63) is 52.5 Å². The zero-order valence-electron chi connectivity index (χ0n) is 17.5. The van der Waals surface area contributed by atoms with Crippen LogP contribution in [-0.4, -0.2) is 35.3 Å². The van der Waals surface area contributed by atoms with E-state index in [9.17, 15) is 9.59 Å². The van der Waals surface area contributed by atoms with Gasteiger partial charge in [-0.25, -0.2) is 4.79 Å². The van der Waals surface area contributed by atoms with Gasteiger partial charge >= 0.3 is 6.03 Å². The van der Waals surface area contributed by atoms with Crippen LogP contribution in [0, 0.1) is 5.92 Å². The smallest absolute Gasteiger partial charge is 0.319 e. The molecule has 0 aliphatic carbocycles. The van der Waals surface area contributed by atoms with Crippen molar-refractivity contribution >= 4 is 57.3 Å². The highest BCUT2D eigenvalue weighted by Gasteiger charge is 2.25. The number of aromatic nitrogens is 2. The van der Waals surface area contributed by atoms with Crippen molar-refractivity contribution in [2.45, 2.75) is 19.9 Å². The molecule has 0 aliphatic heterocycles. The third-order valence-corrected chi connectivity index (χ3v) is 6.13. The summed E-state index contributed by atoms with van der Waals surface area (Å²) in [6, 6.07) is 10.8. The number of carbonyl (C=O) groups excluding carboxylic acids is 2. The summed E-state index contributed by atoms with van der Waals surface area (Å²) in [6.45, 7) is 3.64. The Morgan fingerprint density at radius 2 is 1.75 bits per heavy atom. The minimum atomic E-state index is -0.818. The van der Waals surface area contributed by atoms with E-state index in [-0.39, 0.29) is 10.9 Å². The molecule has 8 nitrogen and oxygen atoms in total. The molecule has 1 atom stereocenters. The lowest BCUT2D eigenvalue weighted by molar-refractivity contribution is -0.118. The van der Waals surface area contributed by atoms with Gasteiger partial charge in [-0.15, -0.1) is 10.2 Å². The van der Waals surface area contributed by atoms with E-state index in [1.54, 1.807) is 25.3 Å². The molecule has 32 heavy (non-hydrogen) atoms. The first-order valence-corrected chi connectivity index (χ1v) is 11.2. The minimum Gasteiger partial charge on any atom is -0.497 e. The van der Waals surface area contributed by atoms with Crippen LogP contribution in [0.25, 0.3) is 10.6 Å². The molecule has 1 unspecified atom stereocenters. The fourth-order valence-electron chi connectivity index (χ4n) is 2.74. The molecule has 0 radical (unpaired) electrons. The van der Waals surface area contributed by atoms with E-state index < -0.39 is 18.0 Å². The first kappa shape index (κ1) is 23.8. The zero-order chi connectivity index (χ0) is 23.3. The first-order valence-electron chi connectivity index (χ1n) is 9.58. The number of halogens is 2. The van der Waals surface area contributed by atoms with Gasteiger partial charge in [-0.3, -0.25) is 10.1 Å². The number of benzene rings is 2. The molecule has 0 spiro atoms. The van der Waals surface area contributed by atoms with Crippen LogP contribution in [0.2, 0.25) is 10.0 Å². The number of urea groups is 1. The second kappa shape index (κ2) is 10.6.